The van der Waals surface area contributed by atoms with Crippen LogP contribution in [0.4, 0.5) is 0 Å². The molecule has 0 spiro atoms. The van der Waals surface area contributed by atoms with Crippen LogP contribution in [0.2, 0.25) is 0 Å². The summed E-state index contributed by atoms with van der Waals surface area (Å²) in [5.74, 6) is 1.90. The van der Waals surface area contributed by atoms with Gasteiger partial charge in [0.05, 0.1) is 0 Å². The van der Waals surface area contributed by atoms with Crippen LogP contribution in [0.5, 0.6) is 5.75 Å². The number of aryl methyl sites for hydroxylation is 1. The predicted molar refractivity (Wildman–Crippen MR) is 83.3 cm³/mol. The highest BCUT2D eigenvalue weighted by Crippen LogP contribution is 2.29. The van der Waals surface area contributed by atoms with Gasteiger partial charge in [0.25, 0.3) is 0 Å². The van der Waals surface area contributed by atoms with Gasteiger partial charge in [-0.3, -0.25) is 0 Å². The Bertz CT molecular complexity index is 457. The molecule has 2 nitrogen and oxygen atoms in total. The molecule has 0 bridgehead atoms. The van der Waals surface area contributed by atoms with Gasteiger partial charge in [-0.2, -0.15) is 0 Å². The first-order chi connectivity index (χ1) is 9.72. The first-order valence-corrected chi connectivity index (χ1v) is 8.22. The van der Waals surface area contributed by atoms with Gasteiger partial charge < -0.3 is 10.1 Å². The molecule has 3 unspecified atom stereocenters. The molecule has 2 aliphatic rings. The van der Waals surface area contributed by atoms with Crippen molar-refractivity contribution in [1.29, 1.82) is 0 Å². The molecule has 1 heterocycles. The van der Waals surface area contributed by atoms with E-state index in [1.54, 1.807) is 0 Å². The third-order valence-corrected chi connectivity index (χ3v) is 4.93. The van der Waals surface area contributed by atoms with Crippen LogP contribution in [-0.4, -0.2) is 18.7 Å². The number of hydrogen-bond acceptors (Lipinski definition) is 2. The molecule has 3 atom stereocenters. The van der Waals surface area contributed by atoms with Gasteiger partial charge in [0, 0.05) is 19.0 Å². The first-order valence-electron chi connectivity index (χ1n) is 8.22. The average molecular weight is 273 g/mol. The zero-order valence-corrected chi connectivity index (χ0v) is 12.8. The maximum atomic E-state index is 6.06. The molecule has 1 aliphatic carbocycles. The third kappa shape index (κ3) is 3.17. The summed E-state index contributed by atoms with van der Waals surface area (Å²) in [5.41, 5.74) is 2.71. The molecule has 3 rings (SSSR count). The van der Waals surface area contributed by atoms with Gasteiger partial charge in [0.15, 0.2) is 0 Å². The van der Waals surface area contributed by atoms with E-state index in [0.29, 0.717) is 12.1 Å². The van der Waals surface area contributed by atoms with E-state index in [4.69, 9.17) is 4.74 Å². The zero-order chi connectivity index (χ0) is 13.9. The number of ether oxygens (including phenoxy) is 1. The van der Waals surface area contributed by atoms with Crippen LogP contribution in [0.3, 0.4) is 0 Å². The summed E-state index contributed by atoms with van der Waals surface area (Å²) in [4.78, 5) is 0. The molecule has 20 heavy (non-hydrogen) atoms. The molecular formula is C18H27NO. The number of hydrogen-bond donors (Lipinski definition) is 1. The van der Waals surface area contributed by atoms with E-state index in [0.717, 1.165) is 24.6 Å². The molecule has 2 heteroatoms. The Kier molecular flexibility index (Phi) is 4.30. The smallest absolute Gasteiger partial charge is 0.123 e. The lowest BCUT2D eigenvalue weighted by atomic mass is 9.96. The molecule has 0 radical (unpaired) electrons. The van der Waals surface area contributed by atoms with Gasteiger partial charge in [0.1, 0.15) is 11.9 Å². The molecule has 1 aromatic carbocycles. The van der Waals surface area contributed by atoms with E-state index in [2.05, 4.69) is 37.4 Å². The van der Waals surface area contributed by atoms with Crippen LogP contribution in [0.25, 0.3) is 0 Å². The molecule has 110 valence electrons. The SMILES string of the molecule is Cc1ccc2c(c1)CC(CNC1CCCCCC1C)O2. The monoisotopic (exact) mass is 273 g/mol. The van der Waals surface area contributed by atoms with Crippen LogP contribution >= 0.6 is 0 Å². The van der Waals surface area contributed by atoms with Crippen LogP contribution < -0.4 is 10.1 Å². The Hall–Kier alpha value is -1.02. The minimum atomic E-state index is 0.322. The summed E-state index contributed by atoms with van der Waals surface area (Å²) in [6.45, 7) is 5.54. The summed E-state index contributed by atoms with van der Waals surface area (Å²) in [5, 5.41) is 3.78. The summed E-state index contributed by atoms with van der Waals surface area (Å²) >= 11 is 0. The highest BCUT2D eigenvalue weighted by molar-refractivity contribution is 5.40. The van der Waals surface area contributed by atoms with Gasteiger partial charge in [0.2, 0.25) is 0 Å². The number of nitrogens with one attached hydrogen (secondary N) is 1. The molecule has 1 aliphatic heterocycles. The maximum absolute atomic E-state index is 6.06. The number of rotatable bonds is 3. The van der Waals surface area contributed by atoms with E-state index in [1.807, 2.05) is 0 Å². The van der Waals surface area contributed by atoms with Crippen LogP contribution in [0.15, 0.2) is 18.2 Å². The fourth-order valence-corrected chi connectivity index (χ4v) is 3.64. The van der Waals surface area contributed by atoms with Crippen molar-refractivity contribution in [1.82, 2.24) is 5.32 Å². The average Bonchev–Trinajstić information content (AvgIpc) is 2.71. The lowest BCUT2D eigenvalue weighted by Crippen LogP contribution is -2.40. The normalized spacial score (nSPS) is 29.6. The lowest BCUT2D eigenvalue weighted by molar-refractivity contribution is 0.211. The summed E-state index contributed by atoms with van der Waals surface area (Å²) in [7, 11) is 0. The Morgan fingerprint density at radius 1 is 1.20 bits per heavy atom. The Morgan fingerprint density at radius 3 is 2.95 bits per heavy atom. The van der Waals surface area contributed by atoms with Crippen molar-refractivity contribution < 1.29 is 4.74 Å². The van der Waals surface area contributed by atoms with Crippen LogP contribution in [0.1, 0.15) is 50.2 Å². The summed E-state index contributed by atoms with van der Waals surface area (Å²) in [6, 6.07) is 7.22. The van der Waals surface area contributed by atoms with E-state index in [1.165, 1.54) is 43.2 Å². The van der Waals surface area contributed by atoms with Gasteiger partial charge in [-0.1, -0.05) is 43.9 Å². The van der Waals surface area contributed by atoms with Gasteiger partial charge in [-0.15, -0.1) is 0 Å². The number of benzene rings is 1. The highest BCUT2D eigenvalue weighted by Gasteiger charge is 2.25. The molecule has 0 amide bonds. The fraction of sp³-hybridized carbons (Fsp3) is 0.667. The molecule has 1 saturated carbocycles. The van der Waals surface area contributed by atoms with Crippen molar-refractivity contribution in [2.24, 2.45) is 5.92 Å². The summed E-state index contributed by atoms with van der Waals surface area (Å²) in [6.07, 6.45) is 8.29. The molecule has 0 aromatic heterocycles. The van der Waals surface area contributed by atoms with Gasteiger partial charge >= 0.3 is 0 Å². The first kappa shape index (κ1) is 13.9. The Morgan fingerprint density at radius 2 is 2.05 bits per heavy atom. The summed E-state index contributed by atoms with van der Waals surface area (Å²) < 4.78 is 6.06. The fourth-order valence-electron chi connectivity index (χ4n) is 3.64. The van der Waals surface area contributed by atoms with Crippen LogP contribution in [-0.2, 0) is 6.42 Å². The highest BCUT2D eigenvalue weighted by atomic mass is 16.5. The second-order valence-corrected chi connectivity index (χ2v) is 6.69. The third-order valence-electron chi connectivity index (χ3n) is 4.93. The minimum Gasteiger partial charge on any atom is -0.488 e. The van der Waals surface area contributed by atoms with E-state index >= 15 is 0 Å². The van der Waals surface area contributed by atoms with Crippen molar-refractivity contribution in [2.45, 2.75) is 64.5 Å². The topological polar surface area (TPSA) is 21.3 Å². The lowest BCUT2D eigenvalue weighted by Gasteiger charge is -2.24. The van der Waals surface area contributed by atoms with Crippen LogP contribution in [0, 0.1) is 12.8 Å². The molecule has 1 aromatic rings. The molecule has 1 N–H and O–H groups in total. The standard InChI is InChI=1S/C18H27NO/c1-13-8-9-18-15(10-13)11-16(20-18)12-19-17-7-5-3-4-6-14(17)2/h8-10,14,16-17,19H,3-7,11-12H2,1-2H3. The predicted octanol–water partition coefficient (Wildman–Crippen LogP) is 3.86. The van der Waals surface area contributed by atoms with E-state index < -0.39 is 0 Å². The molecule has 0 saturated heterocycles. The zero-order valence-electron chi connectivity index (χ0n) is 12.8. The van der Waals surface area contributed by atoms with E-state index in [-0.39, 0.29) is 0 Å². The Labute approximate surface area is 122 Å². The maximum Gasteiger partial charge on any atom is 0.123 e. The van der Waals surface area contributed by atoms with Gasteiger partial charge in [-0.25, -0.2) is 0 Å². The van der Waals surface area contributed by atoms with Gasteiger partial charge in [-0.05, 0) is 37.3 Å². The largest absolute Gasteiger partial charge is 0.488 e. The Balaban J connectivity index is 1.53. The van der Waals surface area contributed by atoms with Crippen molar-refractivity contribution in [3.05, 3.63) is 29.3 Å². The van der Waals surface area contributed by atoms with Crippen molar-refractivity contribution in [3.63, 3.8) is 0 Å². The second kappa shape index (κ2) is 6.17. The van der Waals surface area contributed by atoms with E-state index in [9.17, 15) is 0 Å². The van der Waals surface area contributed by atoms with Crippen molar-refractivity contribution in [2.75, 3.05) is 6.54 Å². The second-order valence-electron chi connectivity index (χ2n) is 6.69. The molecular weight excluding hydrogens is 246 g/mol. The minimum absolute atomic E-state index is 0.322. The van der Waals surface area contributed by atoms with Crippen molar-refractivity contribution in [3.8, 4) is 5.75 Å². The quantitative estimate of drug-likeness (QED) is 0.844. The molecule has 1 fully saturated rings. The van der Waals surface area contributed by atoms with Crippen molar-refractivity contribution >= 4 is 0 Å². The number of fused-ring (bicyclic) bond motifs is 1.